The molecule has 0 aromatic carbocycles. The summed E-state index contributed by atoms with van der Waals surface area (Å²) in [6.45, 7) is 2.46. The molecule has 1 aliphatic rings. The Hall–Kier alpha value is -1.67. The van der Waals surface area contributed by atoms with Gasteiger partial charge in [0.25, 0.3) is 5.91 Å². The van der Waals surface area contributed by atoms with Crippen LogP contribution in [0.2, 0.25) is 0 Å². The van der Waals surface area contributed by atoms with Crippen molar-refractivity contribution in [1.29, 1.82) is 0 Å². The molecule has 0 bridgehead atoms. The van der Waals surface area contributed by atoms with Crippen molar-refractivity contribution in [2.75, 3.05) is 23.7 Å². The predicted molar refractivity (Wildman–Crippen MR) is 85.9 cm³/mol. The van der Waals surface area contributed by atoms with Crippen LogP contribution in [0.4, 0.5) is 10.9 Å². The number of carbonyl (C=O) groups excluding carboxylic acids is 1. The highest BCUT2D eigenvalue weighted by atomic mass is 32.1. The summed E-state index contributed by atoms with van der Waals surface area (Å²) >= 11 is 2.89. The van der Waals surface area contributed by atoms with Crippen LogP contribution in [-0.2, 0) is 6.54 Å². The van der Waals surface area contributed by atoms with E-state index in [0.29, 0.717) is 17.2 Å². The van der Waals surface area contributed by atoms with E-state index in [0.717, 1.165) is 23.1 Å². The third-order valence-corrected chi connectivity index (χ3v) is 5.29. The lowest BCUT2D eigenvalue weighted by Gasteiger charge is -2.25. The molecule has 2 aromatic heterocycles. The number of carbonyl (C=O) groups is 1. The first-order valence-electron chi connectivity index (χ1n) is 6.91. The Morgan fingerprint density at radius 2 is 2.19 bits per heavy atom. The highest BCUT2D eigenvalue weighted by Gasteiger charge is 2.20. The van der Waals surface area contributed by atoms with Crippen molar-refractivity contribution in [1.82, 2.24) is 15.3 Å². The summed E-state index contributed by atoms with van der Waals surface area (Å²) in [6.07, 6.45) is 5.36. The van der Waals surface area contributed by atoms with Gasteiger partial charge in [-0.25, -0.2) is 4.98 Å². The first-order valence-corrected chi connectivity index (χ1v) is 8.60. The fraction of sp³-hybridized carbons (Fsp3) is 0.462. The molecule has 21 heavy (non-hydrogen) atoms. The van der Waals surface area contributed by atoms with Crippen molar-refractivity contribution >= 4 is 39.5 Å². The van der Waals surface area contributed by atoms with E-state index >= 15 is 0 Å². The van der Waals surface area contributed by atoms with E-state index in [1.54, 1.807) is 11.7 Å². The van der Waals surface area contributed by atoms with Crippen LogP contribution in [0.1, 0.15) is 33.8 Å². The molecule has 3 heterocycles. The normalized spacial score (nSPS) is 15.1. The number of amides is 1. The van der Waals surface area contributed by atoms with E-state index in [-0.39, 0.29) is 5.91 Å². The van der Waals surface area contributed by atoms with E-state index in [4.69, 9.17) is 5.73 Å². The monoisotopic (exact) mass is 323 g/mol. The predicted octanol–water partition coefficient (Wildman–Crippen LogP) is 2.10. The molecular formula is C13H17N5OS2. The molecule has 0 unspecified atom stereocenters. The summed E-state index contributed by atoms with van der Waals surface area (Å²) in [7, 11) is 0. The van der Waals surface area contributed by atoms with Gasteiger partial charge in [0.15, 0.2) is 5.13 Å². The molecule has 2 aromatic rings. The molecule has 0 saturated carbocycles. The molecule has 1 aliphatic heterocycles. The van der Waals surface area contributed by atoms with Crippen LogP contribution in [0, 0.1) is 0 Å². The van der Waals surface area contributed by atoms with Crippen LogP contribution in [-0.4, -0.2) is 29.0 Å². The van der Waals surface area contributed by atoms with Gasteiger partial charge in [-0.15, -0.1) is 11.3 Å². The van der Waals surface area contributed by atoms with Gasteiger partial charge in [-0.05, 0) is 19.3 Å². The Balaban J connectivity index is 1.66. The Labute approximate surface area is 131 Å². The second kappa shape index (κ2) is 6.40. The van der Waals surface area contributed by atoms with Gasteiger partial charge < -0.3 is 16.0 Å². The lowest BCUT2D eigenvalue weighted by molar-refractivity contribution is 0.0956. The summed E-state index contributed by atoms with van der Waals surface area (Å²) in [5, 5.41) is 3.72. The number of anilines is 2. The van der Waals surface area contributed by atoms with Gasteiger partial charge in [0.2, 0.25) is 0 Å². The van der Waals surface area contributed by atoms with Crippen molar-refractivity contribution in [2.45, 2.75) is 25.8 Å². The molecule has 1 amide bonds. The number of aromatic nitrogens is 2. The molecule has 3 rings (SSSR count). The molecule has 0 aliphatic carbocycles. The molecular weight excluding hydrogens is 306 g/mol. The average Bonchev–Trinajstić information content (AvgIpc) is 3.15. The SMILES string of the molecule is Nc1nc(N2CCCCC2)sc1C(=O)NCc1cncs1. The summed E-state index contributed by atoms with van der Waals surface area (Å²) in [5.41, 5.74) is 7.65. The number of nitrogens with one attached hydrogen (secondary N) is 1. The molecule has 8 heteroatoms. The Morgan fingerprint density at radius 3 is 2.90 bits per heavy atom. The highest BCUT2D eigenvalue weighted by molar-refractivity contribution is 7.18. The van der Waals surface area contributed by atoms with Gasteiger partial charge in [-0.1, -0.05) is 11.3 Å². The first kappa shape index (κ1) is 14.3. The smallest absolute Gasteiger partial charge is 0.265 e. The van der Waals surface area contributed by atoms with E-state index in [1.165, 1.54) is 41.9 Å². The van der Waals surface area contributed by atoms with Crippen LogP contribution in [0.15, 0.2) is 11.7 Å². The quantitative estimate of drug-likeness (QED) is 0.900. The minimum Gasteiger partial charge on any atom is -0.382 e. The van der Waals surface area contributed by atoms with Crippen molar-refractivity contribution in [3.63, 3.8) is 0 Å². The second-order valence-electron chi connectivity index (χ2n) is 4.91. The second-order valence-corrected chi connectivity index (χ2v) is 6.86. The summed E-state index contributed by atoms with van der Waals surface area (Å²) in [5.74, 6) is 0.157. The number of rotatable bonds is 4. The van der Waals surface area contributed by atoms with Crippen LogP contribution in [0.3, 0.4) is 0 Å². The number of nitrogens with two attached hydrogens (primary N) is 1. The number of nitrogens with zero attached hydrogens (tertiary/aromatic N) is 3. The van der Waals surface area contributed by atoms with Gasteiger partial charge in [-0.2, -0.15) is 0 Å². The summed E-state index contributed by atoms with van der Waals surface area (Å²) < 4.78 is 0. The van der Waals surface area contributed by atoms with Gasteiger partial charge in [-0.3, -0.25) is 9.78 Å². The van der Waals surface area contributed by atoms with Crippen LogP contribution in [0.5, 0.6) is 0 Å². The van der Waals surface area contributed by atoms with Crippen molar-refractivity contribution in [3.8, 4) is 0 Å². The van der Waals surface area contributed by atoms with E-state index in [1.807, 2.05) is 0 Å². The number of thiazole rings is 2. The zero-order valence-electron chi connectivity index (χ0n) is 11.5. The minimum atomic E-state index is -0.165. The number of piperidine rings is 1. The average molecular weight is 323 g/mol. The number of hydrogen-bond donors (Lipinski definition) is 2. The van der Waals surface area contributed by atoms with E-state index in [2.05, 4.69) is 20.2 Å². The molecule has 0 atom stereocenters. The van der Waals surface area contributed by atoms with Crippen LogP contribution < -0.4 is 16.0 Å². The fourth-order valence-electron chi connectivity index (χ4n) is 2.28. The van der Waals surface area contributed by atoms with Crippen LogP contribution >= 0.6 is 22.7 Å². The van der Waals surface area contributed by atoms with Crippen molar-refractivity contribution in [2.24, 2.45) is 0 Å². The van der Waals surface area contributed by atoms with Gasteiger partial charge in [0, 0.05) is 24.2 Å². The highest BCUT2D eigenvalue weighted by Crippen LogP contribution is 2.30. The standard InChI is InChI=1S/C13H17N5OS2/c14-11-10(12(19)16-7-9-6-15-8-20-9)21-13(17-11)18-4-2-1-3-5-18/h6,8H,1-5,7,14H2,(H,16,19). The number of nitrogen functional groups attached to an aromatic ring is 1. The molecule has 112 valence electrons. The Bertz CT molecular complexity index is 604. The third-order valence-electron chi connectivity index (χ3n) is 3.38. The molecule has 0 spiro atoms. The summed E-state index contributed by atoms with van der Waals surface area (Å²) in [4.78, 5) is 24.3. The van der Waals surface area contributed by atoms with Crippen LogP contribution in [0.25, 0.3) is 0 Å². The largest absolute Gasteiger partial charge is 0.382 e. The molecule has 3 N–H and O–H groups in total. The maximum Gasteiger partial charge on any atom is 0.265 e. The number of hydrogen-bond acceptors (Lipinski definition) is 7. The Kier molecular flexibility index (Phi) is 4.35. The van der Waals surface area contributed by atoms with Gasteiger partial charge in [0.05, 0.1) is 12.1 Å². The molecule has 1 saturated heterocycles. The minimum absolute atomic E-state index is 0.165. The zero-order chi connectivity index (χ0) is 14.7. The van der Waals surface area contributed by atoms with E-state index < -0.39 is 0 Å². The summed E-state index contributed by atoms with van der Waals surface area (Å²) in [6, 6.07) is 0. The zero-order valence-corrected chi connectivity index (χ0v) is 13.2. The van der Waals surface area contributed by atoms with E-state index in [9.17, 15) is 4.79 Å². The molecule has 1 fully saturated rings. The first-order chi connectivity index (χ1) is 10.2. The molecule has 6 nitrogen and oxygen atoms in total. The fourth-order valence-corrected chi connectivity index (χ4v) is 3.77. The molecule has 0 radical (unpaired) electrons. The van der Waals surface area contributed by atoms with Gasteiger partial charge >= 0.3 is 0 Å². The van der Waals surface area contributed by atoms with Crippen molar-refractivity contribution in [3.05, 3.63) is 21.5 Å². The third kappa shape index (κ3) is 3.33. The lowest BCUT2D eigenvalue weighted by Crippen LogP contribution is -2.29. The van der Waals surface area contributed by atoms with Crippen molar-refractivity contribution < 1.29 is 4.79 Å². The van der Waals surface area contributed by atoms with Gasteiger partial charge in [0.1, 0.15) is 10.7 Å². The lowest BCUT2D eigenvalue weighted by atomic mass is 10.1. The maximum atomic E-state index is 12.2. The topological polar surface area (TPSA) is 84.1 Å². The Morgan fingerprint density at radius 1 is 1.38 bits per heavy atom. The maximum absolute atomic E-state index is 12.2.